The van der Waals surface area contributed by atoms with Gasteiger partial charge < -0.3 is 10.2 Å². The summed E-state index contributed by atoms with van der Waals surface area (Å²) in [7, 11) is 0. The SMILES string of the molecule is C[CH](C)[Bi+][CH](C)C.[O-]C(C(F)(F)F)(C(F)(F)F)C(O)(C(F)(F)F)C(F)(F)F. The predicted molar refractivity (Wildman–Crippen MR) is 67.9 cm³/mol. The molecule has 0 aliphatic carbocycles. The first-order valence-electron chi connectivity index (χ1n) is 6.77. The van der Waals surface area contributed by atoms with Crippen molar-refractivity contribution < 1.29 is 62.9 Å². The monoisotopic (exact) mass is 628 g/mol. The molecule has 1 N–H and O–H groups in total. The molecule has 0 heterocycles. The predicted octanol–water partition coefficient (Wildman–Crippen LogP) is 4.41. The van der Waals surface area contributed by atoms with Gasteiger partial charge in [-0.25, -0.2) is 0 Å². The Labute approximate surface area is 157 Å². The minimum Gasteiger partial charge on any atom is -0.834 e. The topological polar surface area (TPSA) is 43.3 Å². The van der Waals surface area contributed by atoms with E-state index in [9.17, 15) is 57.8 Å². The zero-order chi connectivity index (χ0) is 22.9. The van der Waals surface area contributed by atoms with E-state index in [-0.39, 0.29) is 23.2 Å². The van der Waals surface area contributed by atoms with E-state index < -0.39 is 35.9 Å². The van der Waals surface area contributed by atoms with Gasteiger partial charge in [0.2, 0.25) is 0 Å². The maximum atomic E-state index is 12.0. The van der Waals surface area contributed by atoms with Crippen LogP contribution < -0.4 is 5.11 Å². The fraction of sp³-hybridized carbons (Fsp3) is 1.00. The van der Waals surface area contributed by atoms with Gasteiger partial charge in [-0.2, -0.15) is 52.7 Å². The molecule has 2 radical (unpaired) electrons. The summed E-state index contributed by atoms with van der Waals surface area (Å²) >= 11 is -0.0432. The van der Waals surface area contributed by atoms with Crippen molar-refractivity contribution in [2.45, 2.75) is 70.9 Å². The number of hydrogen-bond acceptors (Lipinski definition) is 2. The Morgan fingerprint density at radius 1 is 0.593 bits per heavy atom. The molecule has 0 aromatic rings. The molecule has 15 heteroatoms. The quantitative estimate of drug-likeness (QED) is 0.372. The molecule has 2 nitrogen and oxygen atoms in total. The van der Waals surface area contributed by atoms with E-state index in [1.54, 1.807) is 0 Å². The van der Waals surface area contributed by atoms with Crippen molar-refractivity contribution in [3.05, 3.63) is 0 Å². The standard InChI is InChI=1S/C6HF12O2.2C3H7.Bi/c7-3(8,9)1(19,4(10,11)12)2(20,5(13,14)15)6(16,17)18;2*1-3-2;/h19H;2*3H,1-2H3;/q-1;;;+1. The van der Waals surface area contributed by atoms with Gasteiger partial charge in [0.25, 0.3) is 5.60 Å². The first kappa shape index (κ1) is 29.2. The van der Waals surface area contributed by atoms with Crippen LogP contribution in [0.3, 0.4) is 0 Å². The summed E-state index contributed by atoms with van der Waals surface area (Å²) in [6.07, 6.45) is -30.4. The minimum atomic E-state index is -7.75. The Hall–Kier alpha value is -0.0369. The van der Waals surface area contributed by atoms with Gasteiger partial charge in [0.05, 0.1) is 0 Å². The van der Waals surface area contributed by atoms with E-state index >= 15 is 0 Å². The maximum Gasteiger partial charge on any atom is 0.426 e. The van der Waals surface area contributed by atoms with Crippen molar-refractivity contribution in [2.24, 2.45) is 0 Å². The van der Waals surface area contributed by atoms with E-state index in [0.29, 0.717) is 0 Å². The number of rotatable bonds is 3. The normalized spacial score (nSPS) is 15.1. The van der Waals surface area contributed by atoms with Crippen molar-refractivity contribution in [3.63, 3.8) is 0 Å². The first-order valence-corrected chi connectivity index (χ1v) is 10.8. The number of halogens is 12. The van der Waals surface area contributed by atoms with Gasteiger partial charge in [-0.05, 0) is 0 Å². The van der Waals surface area contributed by atoms with E-state index in [1.165, 1.54) is 0 Å². The second-order valence-corrected chi connectivity index (χ2v) is 14.9. The first-order chi connectivity index (χ1) is 11.4. The molecular weight excluding hydrogens is 613 g/mol. The van der Waals surface area contributed by atoms with Gasteiger partial charge in [0.1, 0.15) is 5.60 Å². The van der Waals surface area contributed by atoms with Gasteiger partial charge in [-0.15, -0.1) is 0 Å². The summed E-state index contributed by atoms with van der Waals surface area (Å²) in [4.78, 5) is 0. The second-order valence-electron chi connectivity index (χ2n) is 5.72. The molecule has 0 bridgehead atoms. The Morgan fingerprint density at radius 3 is 0.852 bits per heavy atom. The zero-order valence-electron chi connectivity index (χ0n) is 14.0. The zero-order valence-corrected chi connectivity index (χ0v) is 17.5. The molecular formula is C12H15BiF12O2. The molecule has 0 amide bonds. The molecule has 0 aliphatic rings. The molecule has 0 aliphatic heterocycles. The third-order valence-electron chi connectivity index (χ3n) is 2.72. The molecule has 0 atom stereocenters. The van der Waals surface area contributed by atoms with Crippen LogP contribution in [-0.4, -0.2) is 64.2 Å². The second kappa shape index (κ2) is 8.77. The van der Waals surface area contributed by atoms with Crippen molar-refractivity contribution in [1.82, 2.24) is 0 Å². The van der Waals surface area contributed by atoms with Crippen LogP contribution in [0.25, 0.3) is 0 Å². The summed E-state index contributed by atoms with van der Waals surface area (Å²) in [6, 6.07) is 0. The van der Waals surface area contributed by atoms with Crippen LogP contribution >= 0.6 is 0 Å². The molecule has 0 rings (SSSR count). The van der Waals surface area contributed by atoms with Crippen LogP contribution in [-0.2, 0) is 0 Å². The number of hydrogen-bond donors (Lipinski definition) is 1. The van der Waals surface area contributed by atoms with Crippen LogP contribution in [0.5, 0.6) is 0 Å². The van der Waals surface area contributed by atoms with Gasteiger partial charge in [0.15, 0.2) is 0 Å². The van der Waals surface area contributed by atoms with Crippen molar-refractivity contribution in [3.8, 4) is 0 Å². The molecule has 0 saturated heterocycles. The fourth-order valence-corrected chi connectivity index (χ4v) is 6.36. The van der Waals surface area contributed by atoms with Crippen molar-refractivity contribution in [1.29, 1.82) is 0 Å². The molecule has 0 fully saturated rings. The summed E-state index contributed by atoms with van der Waals surface area (Å²) < 4.78 is 146. The molecule has 0 unspecified atom stereocenters. The van der Waals surface area contributed by atoms with E-state index in [0.717, 1.165) is 7.25 Å². The van der Waals surface area contributed by atoms with Crippen LogP contribution in [0.2, 0.25) is 7.25 Å². The molecule has 0 saturated carbocycles. The maximum absolute atomic E-state index is 12.0. The molecule has 164 valence electrons. The Balaban J connectivity index is 0. The average Bonchev–Trinajstić information content (AvgIpc) is 2.29. The van der Waals surface area contributed by atoms with Crippen molar-refractivity contribution >= 4 is 23.2 Å². The van der Waals surface area contributed by atoms with Gasteiger partial charge >= 0.3 is 82.9 Å². The van der Waals surface area contributed by atoms with Crippen LogP contribution in [0.15, 0.2) is 0 Å². The minimum absolute atomic E-state index is 0.0432. The van der Waals surface area contributed by atoms with Gasteiger partial charge in [0, 0.05) is 0 Å². The smallest absolute Gasteiger partial charge is 0.426 e. The third-order valence-corrected chi connectivity index (χ3v) is 7.36. The van der Waals surface area contributed by atoms with E-state index in [1.807, 2.05) is 0 Å². The Morgan fingerprint density at radius 2 is 0.815 bits per heavy atom. The summed E-state index contributed by atoms with van der Waals surface area (Å²) in [6.45, 7) is 9.38. The molecule has 0 aromatic carbocycles. The number of aliphatic hydroxyl groups is 1. The fourth-order valence-electron chi connectivity index (χ4n) is 1.73. The number of alkyl halides is 12. The van der Waals surface area contributed by atoms with Gasteiger partial charge in [-0.1, -0.05) is 0 Å². The molecule has 0 spiro atoms. The summed E-state index contributed by atoms with van der Waals surface area (Å²) in [5, 5.41) is 18.6. The van der Waals surface area contributed by atoms with Crippen LogP contribution in [0.4, 0.5) is 52.7 Å². The molecule has 27 heavy (non-hydrogen) atoms. The Bertz CT molecular complexity index is 391. The summed E-state index contributed by atoms with van der Waals surface area (Å²) in [5.74, 6) is 0. The summed E-state index contributed by atoms with van der Waals surface area (Å²) in [5.41, 5.74) is -15.4. The van der Waals surface area contributed by atoms with Gasteiger partial charge in [-0.3, -0.25) is 0 Å². The average molecular weight is 628 g/mol. The van der Waals surface area contributed by atoms with Crippen molar-refractivity contribution in [2.75, 3.05) is 0 Å². The Kier molecular flexibility index (Phi) is 9.47. The van der Waals surface area contributed by atoms with E-state index in [4.69, 9.17) is 5.11 Å². The van der Waals surface area contributed by atoms with Crippen LogP contribution in [0, 0.1) is 0 Å². The van der Waals surface area contributed by atoms with Crippen LogP contribution in [0.1, 0.15) is 27.7 Å². The third kappa shape index (κ3) is 6.22. The van der Waals surface area contributed by atoms with E-state index in [2.05, 4.69) is 27.7 Å². The molecule has 0 aromatic heterocycles. The largest absolute Gasteiger partial charge is 0.834 e.